The van der Waals surface area contributed by atoms with Crippen molar-refractivity contribution in [2.75, 3.05) is 19.8 Å². The molecule has 2 unspecified atom stereocenters. The van der Waals surface area contributed by atoms with E-state index < -0.39 is 0 Å². The van der Waals surface area contributed by atoms with Gasteiger partial charge in [0, 0.05) is 0 Å². The third-order valence-corrected chi connectivity index (χ3v) is 1.98. The maximum Gasteiger partial charge on any atom is 0.177 e. The third-order valence-electron chi connectivity index (χ3n) is 1.53. The smallest absolute Gasteiger partial charge is 0.177 e. The summed E-state index contributed by atoms with van der Waals surface area (Å²) in [5.41, 5.74) is 0. The molecule has 1 rings (SSSR count). The van der Waals surface area contributed by atoms with E-state index in [1.54, 1.807) is 6.92 Å². The van der Waals surface area contributed by atoms with E-state index in [1.165, 1.54) is 0 Å². The van der Waals surface area contributed by atoms with Gasteiger partial charge >= 0.3 is 0 Å². The molecule has 1 aliphatic rings. The van der Waals surface area contributed by atoms with Crippen molar-refractivity contribution >= 4 is 21.7 Å². The normalized spacial score (nSPS) is 28.0. The molecule has 4 heteroatoms. The Morgan fingerprint density at radius 1 is 1.64 bits per heavy atom. The Morgan fingerprint density at radius 3 is 2.82 bits per heavy atom. The van der Waals surface area contributed by atoms with Gasteiger partial charge in [0.2, 0.25) is 0 Å². The molecule has 1 aliphatic heterocycles. The van der Waals surface area contributed by atoms with Crippen LogP contribution in [0.5, 0.6) is 0 Å². The Bertz CT molecular complexity index is 141. The molecule has 0 bridgehead atoms. The average Bonchev–Trinajstić information content (AvgIpc) is 2.05. The molecule has 1 saturated heterocycles. The molecule has 0 aromatic carbocycles. The lowest BCUT2D eigenvalue weighted by Crippen LogP contribution is -2.38. The van der Waals surface area contributed by atoms with E-state index in [4.69, 9.17) is 9.47 Å². The summed E-state index contributed by atoms with van der Waals surface area (Å²) < 4.78 is 10.3. The van der Waals surface area contributed by atoms with Gasteiger partial charge in [-0.3, -0.25) is 4.79 Å². The number of rotatable bonds is 2. The first kappa shape index (κ1) is 9.16. The molecule has 0 radical (unpaired) electrons. The standard InChI is InChI=1S/C7H11BrO3/c1-5(8)7(9)6-4-10-2-3-11-6/h5-6H,2-4H2,1H3. The van der Waals surface area contributed by atoms with Crippen LogP contribution >= 0.6 is 15.9 Å². The van der Waals surface area contributed by atoms with Crippen molar-refractivity contribution in [1.82, 2.24) is 0 Å². The fraction of sp³-hybridized carbons (Fsp3) is 0.857. The first-order valence-corrected chi connectivity index (χ1v) is 4.50. The first-order valence-electron chi connectivity index (χ1n) is 3.59. The lowest BCUT2D eigenvalue weighted by Gasteiger charge is -2.22. The second-order valence-corrected chi connectivity index (χ2v) is 3.83. The molecule has 0 amide bonds. The monoisotopic (exact) mass is 222 g/mol. The van der Waals surface area contributed by atoms with Gasteiger partial charge in [-0.05, 0) is 6.92 Å². The second kappa shape index (κ2) is 4.18. The summed E-state index contributed by atoms with van der Waals surface area (Å²) in [6.45, 7) is 3.31. The van der Waals surface area contributed by atoms with Gasteiger partial charge in [0.25, 0.3) is 0 Å². The number of ether oxygens (including phenoxy) is 2. The highest BCUT2D eigenvalue weighted by molar-refractivity contribution is 9.10. The quantitative estimate of drug-likeness (QED) is 0.648. The van der Waals surface area contributed by atoms with Crippen LogP contribution in [-0.4, -0.2) is 36.5 Å². The number of alkyl halides is 1. The lowest BCUT2D eigenvalue weighted by molar-refractivity contribution is -0.144. The van der Waals surface area contributed by atoms with Crippen LogP contribution in [0.4, 0.5) is 0 Å². The summed E-state index contributed by atoms with van der Waals surface area (Å²) in [5.74, 6) is 0.0599. The van der Waals surface area contributed by atoms with Gasteiger partial charge in [-0.1, -0.05) is 15.9 Å². The van der Waals surface area contributed by atoms with Gasteiger partial charge in [-0.15, -0.1) is 0 Å². The number of carbonyl (C=O) groups is 1. The predicted molar refractivity (Wildman–Crippen MR) is 44.0 cm³/mol. The summed E-state index contributed by atoms with van der Waals surface area (Å²) >= 11 is 3.19. The zero-order chi connectivity index (χ0) is 8.27. The van der Waals surface area contributed by atoms with Crippen LogP contribution in [-0.2, 0) is 14.3 Å². The Morgan fingerprint density at radius 2 is 2.36 bits per heavy atom. The lowest BCUT2D eigenvalue weighted by atomic mass is 10.2. The van der Waals surface area contributed by atoms with Gasteiger partial charge in [0.1, 0.15) is 6.10 Å². The minimum atomic E-state index is -0.363. The van der Waals surface area contributed by atoms with E-state index in [0.717, 1.165) is 0 Å². The predicted octanol–water partition coefficient (Wildman–Crippen LogP) is 0.754. The Hall–Kier alpha value is 0.0700. The number of halogens is 1. The summed E-state index contributed by atoms with van der Waals surface area (Å²) in [7, 11) is 0. The minimum absolute atomic E-state index is 0.0599. The molecule has 0 aromatic rings. The molecule has 0 saturated carbocycles. The maximum atomic E-state index is 11.2. The van der Waals surface area contributed by atoms with E-state index in [9.17, 15) is 4.79 Å². The van der Waals surface area contributed by atoms with E-state index >= 15 is 0 Å². The molecule has 11 heavy (non-hydrogen) atoms. The highest BCUT2D eigenvalue weighted by atomic mass is 79.9. The fourth-order valence-corrected chi connectivity index (χ4v) is 1.20. The van der Waals surface area contributed by atoms with Gasteiger partial charge in [-0.25, -0.2) is 0 Å². The summed E-state index contributed by atoms with van der Waals surface area (Å²) in [6, 6.07) is 0. The summed E-state index contributed by atoms with van der Waals surface area (Å²) in [4.78, 5) is 11.1. The van der Waals surface area contributed by atoms with Crippen LogP contribution in [0.3, 0.4) is 0 Å². The molecule has 2 atom stereocenters. The topological polar surface area (TPSA) is 35.5 Å². The summed E-state index contributed by atoms with van der Waals surface area (Å²) in [5, 5.41) is 0. The van der Waals surface area contributed by atoms with Gasteiger partial charge in [-0.2, -0.15) is 0 Å². The molecular formula is C7H11BrO3. The Balaban J connectivity index is 2.39. The number of carbonyl (C=O) groups excluding carboxylic acids is 1. The van der Waals surface area contributed by atoms with E-state index in [1.807, 2.05) is 0 Å². The van der Waals surface area contributed by atoms with Gasteiger partial charge in [0.05, 0.1) is 24.6 Å². The second-order valence-electron chi connectivity index (χ2n) is 2.45. The van der Waals surface area contributed by atoms with Crippen molar-refractivity contribution in [3.05, 3.63) is 0 Å². The van der Waals surface area contributed by atoms with Crippen LogP contribution in [0.2, 0.25) is 0 Å². The van der Waals surface area contributed by atoms with Crippen molar-refractivity contribution in [1.29, 1.82) is 0 Å². The van der Waals surface area contributed by atoms with Crippen molar-refractivity contribution in [2.45, 2.75) is 17.9 Å². The van der Waals surface area contributed by atoms with E-state index in [2.05, 4.69) is 15.9 Å². The maximum absolute atomic E-state index is 11.2. The zero-order valence-corrected chi connectivity index (χ0v) is 7.96. The van der Waals surface area contributed by atoms with Crippen LogP contribution in [0, 0.1) is 0 Å². The molecule has 64 valence electrons. The first-order chi connectivity index (χ1) is 5.22. The van der Waals surface area contributed by atoms with Crippen LogP contribution in [0.15, 0.2) is 0 Å². The fourth-order valence-electron chi connectivity index (χ4n) is 0.908. The number of hydrogen-bond donors (Lipinski definition) is 0. The summed E-state index contributed by atoms with van der Waals surface area (Å²) in [6.07, 6.45) is -0.363. The number of ketones is 1. The molecule has 1 fully saturated rings. The largest absolute Gasteiger partial charge is 0.376 e. The molecule has 0 N–H and O–H groups in total. The molecule has 0 aromatic heterocycles. The zero-order valence-electron chi connectivity index (χ0n) is 6.38. The highest BCUT2D eigenvalue weighted by Gasteiger charge is 2.25. The van der Waals surface area contributed by atoms with Crippen molar-refractivity contribution in [3.8, 4) is 0 Å². The van der Waals surface area contributed by atoms with Crippen LogP contribution in [0.25, 0.3) is 0 Å². The molecule has 3 nitrogen and oxygen atoms in total. The van der Waals surface area contributed by atoms with Crippen molar-refractivity contribution in [2.24, 2.45) is 0 Å². The highest BCUT2D eigenvalue weighted by Crippen LogP contribution is 2.09. The molecular weight excluding hydrogens is 212 g/mol. The molecule has 0 aliphatic carbocycles. The van der Waals surface area contributed by atoms with Crippen molar-refractivity contribution < 1.29 is 14.3 Å². The van der Waals surface area contributed by atoms with E-state index in [0.29, 0.717) is 19.8 Å². The van der Waals surface area contributed by atoms with E-state index in [-0.39, 0.29) is 16.7 Å². The molecule has 1 heterocycles. The average molecular weight is 223 g/mol. The third kappa shape index (κ3) is 2.54. The van der Waals surface area contributed by atoms with Gasteiger partial charge in [0.15, 0.2) is 5.78 Å². The molecule has 0 spiro atoms. The number of Topliss-reactive ketones (excluding diaryl/α,β-unsaturated/α-hetero) is 1. The Labute approximate surface area is 74.2 Å². The van der Waals surface area contributed by atoms with Crippen molar-refractivity contribution in [3.63, 3.8) is 0 Å². The number of hydrogen-bond acceptors (Lipinski definition) is 3. The SMILES string of the molecule is CC(Br)C(=O)C1COCCO1. The van der Waals surface area contributed by atoms with Gasteiger partial charge < -0.3 is 9.47 Å². The van der Waals surface area contributed by atoms with Crippen LogP contribution < -0.4 is 0 Å². The Kier molecular flexibility index (Phi) is 3.48. The minimum Gasteiger partial charge on any atom is -0.376 e. The van der Waals surface area contributed by atoms with Crippen LogP contribution in [0.1, 0.15) is 6.92 Å².